The van der Waals surface area contributed by atoms with Crippen LogP contribution in [0.4, 0.5) is 4.39 Å². The van der Waals surface area contributed by atoms with Gasteiger partial charge in [-0.25, -0.2) is 4.39 Å². The zero-order valence-corrected chi connectivity index (χ0v) is 22.3. The number of carbonyl (C=O) groups excluding carboxylic acids is 2. The minimum Gasteiger partial charge on any atom is -0.350 e. The van der Waals surface area contributed by atoms with Gasteiger partial charge in [0.15, 0.2) is 0 Å². The van der Waals surface area contributed by atoms with Crippen molar-refractivity contribution in [3.8, 4) is 0 Å². The molecule has 6 heteroatoms. The molecular formula is C30H35FN2O2S. The lowest BCUT2D eigenvalue weighted by Crippen LogP contribution is -2.54. The molecule has 1 atom stereocenters. The number of thioether (sulfide) groups is 1. The molecule has 0 spiro atoms. The lowest BCUT2D eigenvalue weighted by Gasteiger charge is -2.34. The first-order valence-electron chi connectivity index (χ1n) is 12.1. The Morgan fingerprint density at radius 2 is 1.56 bits per heavy atom. The summed E-state index contributed by atoms with van der Waals surface area (Å²) >= 11 is 1.54. The van der Waals surface area contributed by atoms with Crippen LogP contribution >= 0.6 is 11.8 Å². The van der Waals surface area contributed by atoms with E-state index < -0.39 is 11.6 Å². The summed E-state index contributed by atoms with van der Waals surface area (Å²) in [6, 6.07) is 23.2. The minimum absolute atomic E-state index is 0.122. The van der Waals surface area contributed by atoms with Crippen molar-refractivity contribution >= 4 is 23.6 Å². The van der Waals surface area contributed by atoms with E-state index in [-0.39, 0.29) is 29.9 Å². The molecule has 1 N–H and O–H groups in total. The Bertz CT molecular complexity index is 1140. The third kappa shape index (κ3) is 8.52. The van der Waals surface area contributed by atoms with Crippen molar-refractivity contribution in [2.45, 2.75) is 58.0 Å². The Labute approximate surface area is 218 Å². The highest BCUT2D eigenvalue weighted by Gasteiger charge is 2.32. The molecule has 0 saturated heterocycles. The first kappa shape index (κ1) is 27.5. The Hall–Kier alpha value is -3.12. The zero-order valence-electron chi connectivity index (χ0n) is 21.5. The van der Waals surface area contributed by atoms with Gasteiger partial charge in [0, 0.05) is 24.3 Å². The molecule has 36 heavy (non-hydrogen) atoms. The van der Waals surface area contributed by atoms with Crippen molar-refractivity contribution in [2.75, 3.05) is 5.75 Å². The van der Waals surface area contributed by atoms with Crippen molar-refractivity contribution in [3.05, 3.63) is 107 Å². The molecule has 0 radical (unpaired) electrons. The van der Waals surface area contributed by atoms with Crippen LogP contribution in [-0.2, 0) is 28.3 Å². The third-order valence-electron chi connectivity index (χ3n) is 5.78. The van der Waals surface area contributed by atoms with E-state index in [4.69, 9.17) is 0 Å². The quantitative estimate of drug-likeness (QED) is 0.371. The topological polar surface area (TPSA) is 49.4 Å². The summed E-state index contributed by atoms with van der Waals surface area (Å²) in [5.74, 6) is 0.287. The van der Waals surface area contributed by atoms with E-state index in [0.717, 1.165) is 11.1 Å². The third-order valence-corrected chi connectivity index (χ3v) is 6.75. The van der Waals surface area contributed by atoms with Gasteiger partial charge in [-0.3, -0.25) is 9.59 Å². The van der Waals surface area contributed by atoms with Crippen LogP contribution in [0.2, 0.25) is 0 Å². The molecular weight excluding hydrogens is 471 g/mol. The lowest BCUT2D eigenvalue weighted by atomic mass is 10.0. The molecule has 0 unspecified atom stereocenters. The van der Waals surface area contributed by atoms with Gasteiger partial charge in [0.05, 0.1) is 5.75 Å². The Kier molecular flexibility index (Phi) is 9.71. The van der Waals surface area contributed by atoms with E-state index in [1.165, 1.54) is 35.0 Å². The maximum Gasteiger partial charge on any atom is 0.243 e. The van der Waals surface area contributed by atoms with Crippen LogP contribution in [0.3, 0.4) is 0 Å². The number of amides is 2. The maximum atomic E-state index is 13.6. The van der Waals surface area contributed by atoms with Crippen molar-refractivity contribution in [1.82, 2.24) is 10.2 Å². The second-order valence-corrected chi connectivity index (χ2v) is 11.0. The monoisotopic (exact) mass is 506 g/mol. The number of halogens is 1. The number of aryl methyl sites for hydroxylation is 1. The maximum absolute atomic E-state index is 13.6. The van der Waals surface area contributed by atoms with Crippen molar-refractivity contribution < 1.29 is 14.0 Å². The van der Waals surface area contributed by atoms with Crippen LogP contribution in [0.1, 0.15) is 43.0 Å². The second-order valence-electron chi connectivity index (χ2n) is 10.0. The smallest absolute Gasteiger partial charge is 0.243 e. The van der Waals surface area contributed by atoms with Gasteiger partial charge in [0.1, 0.15) is 11.9 Å². The Balaban J connectivity index is 1.87. The summed E-state index contributed by atoms with van der Waals surface area (Å²) in [4.78, 5) is 28.8. The van der Waals surface area contributed by atoms with Gasteiger partial charge in [-0.2, -0.15) is 0 Å². The van der Waals surface area contributed by atoms with E-state index in [2.05, 4.69) is 24.4 Å². The van der Waals surface area contributed by atoms with Gasteiger partial charge in [0.2, 0.25) is 11.8 Å². The van der Waals surface area contributed by atoms with Crippen LogP contribution in [-0.4, -0.2) is 34.0 Å². The first-order chi connectivity index (χ1) is 17.1. The van der Waals surface area contributed by atoms with Crippen LogP contribution < -0.4 is 5.32 Å². The number of benzene rings is 3. The van der Waals surface area contributed by atoms with Crippen LogP contribution in [0, 0.1) is 12.7 Å². The number of rotatable bonds is 10. The van der Waals surface area contributed by atoms with Gasteiger partial charge in [-0.05, 0) is 62.1 Å². The lowest BCUT2D eigenvalue weighted by molar-refractivity contribution is -0.140. The summed E-state index contributed by atoms with van der Waals surface area (Å²) in [6.45, 7) is 8.06. The molecule has 4 nitrogen and oxygen atoms in total. The average molecular weight is 507 g/mol. The predicted octanol–water partition coefficient (Wildman–Crippen LogP) is 5.92. The zero-order chi connectivity index (χ0) is 26.1. The molecule has 0 fully saturated rings. The SMILES string of the molecule is Cc1ccccc1CSCC(=O)N(Cc1ccc(F)cc1)[C@@H](Cc1ccccc1)C(=O)NC(C)(C)C. The molecule has 0 heterocycles. The van der Waals surface area contributed by atoms with Gasteiger partial charge in [0.25, 0.3) is 0 Å². The number of hydrogen-bond acceptors (Lipinski definition) is 3. The van der Waals surface area contributed by atoms with E-state index >= 15 is 0 Å². The standard InChI is InChI=1S/C30H35FN2O2S/c1-22-10-8-9-13-25(22)20-36-21-28(34)33(19-24-14-16-26(31)17-15-24)27(29(35)32-30(2,3)4)18-23-11-6-5-7-12-23/h5-17,27H,18-21H2,1-4H3,(H,32,35)/t27-/m0/s1. The largest absolute Gasteiger partial charge is 0.350 e. The van der Waals surface area contributed by atoms with Gasteiger partial charge in [-0.15, -0.1) is 11.8 Å². The minimum atomic E-state index is -0.705. The molecule has 0 bridgehead atoms. The van der Waals surface area contributed by atoms with E-state index in [1.54, 1.807) is 17.0 Å². The van der Waals surface area contributed by atoms with Crippen LogP contribution in [0.25, 0.3) is 0 Å². The molecule has 3 aromatic rings. The summed E-state index contributed by atoms with van der Waals surface area (Å²) in [5.41, 5.74) is 3.67. The fourth-order valence-electron chi connectivity index (χ4n) is 3.90. The highest BCUT2D eigenvalue weighted by molar-refractivity contribution is 7.99. The normalized spacial score (nSPS) is 12.1. The van der Waals surface area contributed by atoms with Crippen molar-refractivity contribution in [1.29, 1.82) is 0 Å². The molecule has 0 aliphatic rings. The van der Waals surface area contributed by atoms with Crippen molar-refractivity contribution in [2.24, 2.45) is 0 Å². The summed E-state index contributed by atoms with van der Waals surface area (Å²) in [6.07, 6.45) is 0.387. The second kappa shape index (κ2) is 12.7. The van der Waals surface area contributed by atoms with Gasteiger partial charge >= 0.3 is 0 Å². The molecule has 3 aromatic carbocycles. The number of nitrogens with one attached hydrogen (secondary N) is 1. The summed E-state index contributed by atoms with van der Waals surface area (Å²) in [7, 11) is 0. The molecule has 190 valence electrons. The Morgan fingerprint density at radius 3 is 2.19 bits per heavy atom. The molecule has 0 saturated carbocycles. The van der Waals surface area contributed by atoms with E-state index in [9.17, 15) is 14.0 Å². The van der Waals surface area contributed by atoms with Crippen LogP contribution in [0.15, 0.2) is 78.9 Å². The number of nitrogens with zero attached hydrogens (tertiary/aromatic N) is 1. The first-order valence-corrected chi connectivity index (χ1v) is 13.3. The summed E-state index contributed by atoms with van der Waals surface area (Å²) in [5, 5.41) is 3.06. The van der Waals surface area contributed by atoms with E-state index in [1.807, 2.05) is 63.2 Å². The molecule has 3 rings (SSSR count). The Morgan fingerprint density at radius 1 is 0.917 bits per heavy atom. The molecule has 2 amide bonds. The molecule has 0 aromatic heterocycles. The predicted molar refractivity (Wildman–Crippen MR) is 146 cm³/mol. The van der Waals surface area contributed by atoms with Crippen molar-refractivity contribution in [3.63, 3.8) is 0 Å². The fraction of sp³-hybridized carbons (Fsp3) is 0.333. The van der Waals surface area contributed by atoms with Crippen LogP contribution in [0.5, 0.6) is 0 Å². The average Bonchev–Trinajstić information content (AvgIpc) is 2.83. The molecule has 0 aliphatic carbocycles. The number of carbonyl (C=O) groups is 2. The van der Waals surface area contributed by atoms with Gasteiger partial charge in [-0.1, -0.05) is 66.7 Å². The highest BCUT2D eigenvalue weighted by Crippen LogP contribution is 2.20. The fourth-order valence-corrected chi connectivity index (χ4v) is 4.88. The highest BCUT2D eigenvalue weighted by atomic mass is 32.2. The van der Waals surface area contributed by atoms with Gasteiger partial charge < -0.3 is 10.2 Å². The molecule has 0 aliphatic heterocycles. The van der Waals surface area contributed by atoms with E-state index in [0.29, 0.717) is 12.2 Å². The number of hydrogen-bond donors (Lipinski definition) is 1. The summed E-state index contributed by atoms with van der Waals surface area (Å²) < 4.78 is 13.6.